The highest BCUT2D eigenvalue weighted by atomic mass is 16.7. The van der Waals surface area contributed by atoms with Gasteiger partial charge in [-0.2, -0.15) is 5.11 Å². The Balaban J connectivity index is 1.60. The van der Waals surface area contributed by atoms with E-state index in [-0.39, 0.29) is 47.5 Å². The fourth-order valence-electron chi connectivity index (χ4n) is 2.77. The zero-order valence-corrected chi connectivity index (χ0v) is 16.9. The number of phenols is 1. The smallest absolute Gasteiger partial charge is 0.396 e. The van der Waals surface area contributed by atoms with Crippen LogP contribution in [0.3, 0.4) is 0 Å². The molecule has 12 nitrogen and oxygen atoms in total. The molecular weight excluding hydrogens is 435 g/mol. The molecule has 1 aliphatic heterocycles. The number of nitrogens with zero attached hydrogens (tertiary/aromatic N) is 3. The normalized spacial score (nSPS) is 13.3. The van der Waals surface area contributed by atoms with Gasteiger partial charge in [0.2, 0.25) is 5.91 Å². The molecule has 3 rings (SSSR count). The number of nitrogens with one attached hydrogen (secondary N) is 1. The van der Waals surface area contributed by atoms with E-state index in [0.717, 1.165) is 0 Å². The topological polar surface area (TPSA) is 175 Å². The van der Waals surface area contributed by atoms with E-state index in [9.17, 15) is 34.2 Å². The van der Waals surface area contributed by atoms with Crippen molar-refractivity contribution in [3.05, 3.63) is 53.6 Å². The van der Waals surface area contributed by atoms with Gasteiger partial charge in [-0.1, -0.05) is 12.1 Å². The first-order valence-electron chi connectivity index (χ1n) is 9.51. The quantitative estimate of drug-likeness (QED) is 0.310. The first-order chi connectivity index (χ1) is 15.7. The van der Waals surface area contributed by atoms with E-state index in [0.29, 0.717) is 12.5 Å². The van der Waals surface area contributed by atoms with Gasteiger partial charge in [0.25, 0.3) is 11.8 Å². The van der Waals surface area contributed by atoms with Crippen LogP contribution in [0.5, 0.6) is 5.75 Å². The van der Waals surface area contributed by atoms with Crippen molar-refractivity contribution >= 4 is 48.3 Å². The molecule has 1 saturated heterocycles. The number of rotatable bonds is 8. The van der Waals surface area contributed by atoms with E-state index in [4.69, 9.17) is 0 Å². The number of imide groups is 1. The molecule has 0 spiro atoms. The van der Waals surface area contributed by atoms with Crippen LogP contribution in [-0.4, -0.2) is 52.3 Å². The predicted molar refractivity (Wildman–Crippen MR) is 111 cm³/mol. The minimum Gasteiger partial charge on any atom is -0.508 e. The summed E-state index contributed by atoms with van der Waals surface area (Å²) in [6.45, 7) is 0. The summed E-state index contributed by atoms with van der Waals surface area (Å²) >= 11 is 0. The lowest BCUT2D eigenvalue weighted by atomic mass is 9.95. The van der Waals surface area contributed by atoms with Crippen molar-refractivity contribution in [2.24, 2.45) is 10.2 Å². The van der Waals surface area contributed by atoms with Crippen molar-refractivity contribution in [2.45, 2.75) is 19.3 Å². The van der Waals surface area contributed by atoms with E-state index < -0.39 is 29.6 Å². The van der Waals surface area contributed by atoms with Gasteiger partial charge in [0, 0.05) is 18.4 Å². The fraction of sp³-hybridized carbons (Fsp3) is 0.150. The molecule has 2 aromatic carbocycles. The maximum Gasteiger partial charge on any atom is 0.396 e. The summed E-state index contributed by atoms with van der Waals surface area (Å²) in [6, 6.07) is 10.1. The van der Waals surface area contributed by atoms with Crippen LogP contribution in [0.2, 0.25) is 0 Å². The van der Waals surface area contributed by atoms with E-state index in [1.165, 1.54) is 30.3 Å². The van der Waals surface area contributed by atoms with Crippen LogP contribution < -0.4 is 5.23 Å². The number of hydroxylamine groups is 2. The number of hydrogen-bond donors (Lipinski definition) is 3. The standard InChI is InChI=1S/C20H16BN4O8/c26-15-6-5-12(23-24-14-4-2-1-3-13(14)19(30)31)9-11(15)10-16(27)22-21-20(32)33-25-17(28)7-8-18(25)29/h1-6,9,26H,7-8,10H2,(H,22,27)(H,30,31). The fourth-order valence-corrected chi connectivity index (χ4v) is 2.77. The summed E-state index contributed by atoms with van der Waals surface area (Å²) in [5.41, 5.74) is 0.479. The number of carbonyl (C=O) groups excluding carboxylic acids is 4. The molecule has 0 saturated carbocycles. The Labute approximate surface area is 187 Å². The number of carboxylic acids is 1. The van der Waals surface area contributed by atoms with E-state index in [2.05, 4.69) is 20.3 Å². The first-order valence-corrected chi connectivity index (χ1v) is 9.51. The van der Waals surface area contributed by atoms with Crippen molar-refractivity contribution in [3.8, 4) is 5.75 Å². The van der Waals surface area contributed by atoms with Gasteiger partial charge in [-0.25, -0.2) is 4.79 Å². The Hall–Kier alpha value is -4.55. The lowest BCUT2D eigenvalue weighted by molar-refractivity contribution is -0.169. The van der Waals surface area contributed by atoms with Crippen molar-refractivity contribution in [1.29, 1.82) is 0 Å². The van der Waals surface area contributed by atoms with Gasteiger partial charge in [0.1, 0.15) is 11.4 Å². The van der Waals surface area contributed by atoms with Crippen molar-refractivity contribution in [1.82, 2.24) is 10.3 Å². The van der Waals surface area contributed by atoms with Crippen LogP contribution in [0.4, 0.5) is 16.2 Å². The van der Waals surface area contributed by atoms with Crippen LogP contribution in [0.1, 0.15) is 28.8 Å². The number of carboxylic acid groups (broad SMARTS) is 1. The van der Waals surface area contributed by atoms with Crippen LogP contribution in [0, 0.1) is 0 Å². The van der Waals surface area contributed by atoms with Crippen molar-refractivity contribution < 1.29 is 39.0 Å². The van der Waals surface area contributed by atoms with Crippen molar-refractivity contribution in [2.75, 3.05) is 0 Å². The zero-order chi connectivity index (χ0) is 24.0. The zero-order valence-electron chi connectivity index (χ0n) is 16.9. The summed E-state index contributed by atoms with van der Waals surface area (Å²) in [6.07, 6.45) is -0.479. The summed E-state index contributed by atoms with van der Waals surface area (Å²) in [5.74, 6) is -4.53. The van der Waals surface area contributed by atoms with Gasteiger partial charge in [0.05, 0.1) is 17.7 Å². The molecule has 0 unspecified atom stereocenters. The maximum absolute atomic E-state index is 12.1. The van der Waals surface area contributed by atoms with Crippen LogP contribution in [0.25, 0.3) is 0 Å². The van der Waals surface area contributed by atoms with Gasteiger partial charge < -0.3 is 20.3 Å². The monoisotopic (exact) mass is 451 g/mol. The molecule has 167 valence electrons. The molecule has 0 atom stereocenters. The molecule has 13 heteroatoms. The second-order valence-electron chi connectivity index (χ2n) is 6.72. The molecule has 1 fully saturated rings. The number of aromatic hydroxyl groups is 1. The van der Waals surface area contributed by atoms with Gasteiger partial charge in [-0.3, -0.25) is 19.2 Å². The number of benzene rings is 2. The average Bonchev–Trinajstić information content (AvgIpc) is 3.10. The Bertz CT molecular complexity index is 1150. The molecule has 0 bridgehead atoms. The van der Waals surface area contributed by atoms with Gasteiger partial charge in [-0.15, -0.1) is 10.2 Å². The molecule has 1 radical (unpaired) electrons. The summed E-state index contributed by atoms with van der Waals surface area (Å²) in [5, 5.41) is 29.5. The molecule has 33 heavy (non-hydrogen) atoms. The average molecular weight is 451 g/mol. The Morgan fingerprint density at radius 2 is 1.76 bits per heavy atom. The van der Waals surface area contributed by atoms with Crippen molar-refractivity contribution in [3.63, 3.8) is 0 Å². The van der Waals surface area contributed by atoms with E-state index >= 15 is 0 Å². The third-order valence-corrected chi connectivity index (χ3v) is 4.36. The summed E-state index contributed by atoms with van der Waals surface area (Å²) in [7, 11) is 0.644. The van der Waals surface area contributed by atoms with Crippen LogP contribution in [0.15, 0.2) is 52.7 Å². The van der Waals surface area contributed by atoms with E-state index in [1.54, 1.807) is 12.1 Å². The molecular formula is C20H16BN4O8. The first kappa shape index (κ1) is 23.1. The molecule has 1 heterocycles. The van der Waals surface area contributed by atoms with Gasteiger partial charge in [0.15, 0.2) is 0 Å². The number of azo groups is 1. The molecule has 0 aliphatic carbocycles. The third kappa shape index (κ3) is 6.00. The van der Waals surface area contributed by atoms with Gasteiger partial charge >= 0.3 is 19.3 Å². The number of carbonyl (C=O) groups is 5. The minimum atomic E-state index is -1.17. The number of aromatic carboxylic acids is 1. The maximum atomic E-state index is 12.1. The molecule has 0 aromatic heterocycles. The highest BCUT2D eigenvalue weighted by Crippen LogP contribution is 2.27. The highest BCUT2D eigenvalue weighted by Gasteiger charge is 2.33. The Morgan fingerprint density at radius 1 is 1.06 bits per heavy atom. The Morgan fingerprint density at radius 3 is 2.45 bits per heavy atom. The number of amides is 3. The molecule has 2 aromatic rings. The largest absolute Gasteiger partial charge is 0.508 e. The number of hydrogen-bond acceptors (Lipinski definition) is 9. The summed E-state index contributed by atoms with van der Waals surface area (Å²) < 4.78 is 0. The van der Waals surface area contributed by atoms with Crippen LogP contribution >= 0.6 is 0 Å². The SMILES string of the molecule is O=C(Cc1cc(N=Nc2ccccc2C(=O)O)ccc1O)N[B]C(=O)ON1C(=O)CCC1=O. The Kier molecular flexibility index (Phi) is 7.13. The molecule has 3 amide bonds. The minimum absolute atomic E-state index is 0.0422. The number of phenolic OH excluding ortho intramolecular Hbond substituents is 1. The second-order valence-corrected chi connectivity index (χ2v) is 6.72. The molecule has 3 N–H and O–H groups in total. The van der Waals surface area contributed by atoms with E-state index in [1.807, 2.05) is 0 Å². The summed E-state index contributed by atoms with van der Waals surface area (Å²) in [4.78, 5) is 62.5. The molecule has 1 aliphatic rings. The highest BCUT2D eigenvalue weighted by molar-refractivity contribution is 6.71. The lowest BCUT2D eigenvalue weighted by Crippen LogP contribution is -2.39. The second kappa shape index (κ2) is 10.2. The lowest BCUT2D eigenvalue weighted by Gasteiger charge is -2.12. The predicted octanol–water partition coefficient (Wildman–Crippen LogP) is 1.98. The third-order valence-electron chi connectivity index (χ3n) is 4.36. The van der Waals surface area contributed by atoms with Crippen LogP contribution in [-0.2, 0) is 25.6 Å². The van der Waals surface area contributed by atoms with Gasteiger partial charge in [-0.05, 0) is 30.3 Å².